The lowest BCUT2D eigenvalue weighted by Crippen LogP contribution is -2.19. The van der Waals surface area contributed by atoms with E-state index in [2.05, 4.69) is 22.1 Å². The number of imidazole rings is 1. The first-order valence-corrected chi connectivity index (χ1v) is 12.5. The minimum Gasteiger partial charge on any atom is -0.497 e. The summed E-state index contributed by atoms with van der Waals surface area (Å²) in [6, 6.07) is 14.6. The van der Waals surface area contributed by atoms with Crippen molar-refractivity contribution in [1.82, 2.24) is 9.55 Å². The number of aromatic nitrogens is 2. The van der Waals surface area contributed by atoms with Crippen LogP contribution in [0.3, 0.4) is 0 Å². The molecule has 1 aromatic heterocycles. The Kier molecular flexibility index (Phi) is 7.57. The number of hydrogen-bond donors (Lipinski definition) is 2. The lowest BCUT2D eigenvalue weighted by molar-refractivity contribution is -0.113. The standard InChI is InChI=1S/C26H30N4O3S/c1-17-18(2)30(20-8-4-5-9-20)26(27-17)34-16-24(31)29-23-11-7-6-10-22(23)25(32)28-19-12-14-21(33-3)15-13-19/h6-7,10-15,20H,4-5,8-9,16H2,1-3H3,(H,28,32)(H,29,31). The number of hydrogen-bond acceptors (Lipinski definition) is 5. The molecule has 34 heavy (non-hydrogen) atoms. The molecule has 1 aliphatic carbocycles. The number of methoxy groups -OCH3 is 1. The number of rotatable bonds is 8. The summed E-state index contributed by atoms with van der Waals surface area (Å²) >= 11 is 1.44. The van der Waals surface area contributed by atoms with Gasteiger partial charge in [0.15, 0.2) is 5.16 Å². The second kappa shape index (κ2) is 10.8. The molecule has 1 fully saturated rings. The van der Waals surface area contributed by atoms with Crippen molar-refractivity contribution in [3.05, 3.63) is 65.5 Å². The summed E-state index contributed by atoms with van der Waals surface area (Å²) in [6.45, 7) is 4.12. The molecular formula is C26H30N4O3S. The zero-order valence-corrected chi connectivity index (χ0v) is 20.6. The maximum absolute atomic E-state index is 12.9. The van der Waals surface area contributed by atoms with Crippen LogP contribution in [0.5, 0.6) is 5.75 Å². The Morgan fingerprint density at radius 1 is 1.06 bits per heavy atom. The summed E-state index contributed by atoms with van der Waals surface area (Å²) in [5, 5.41) is 6.65. The number of ether oxygens (including phenoxy) is 1. The largest absolute Gasteiger partial charge is 0.497 e. The molecule has 178 valence electrons. The lowest BCUT2D eigenvalue weighted by Gasteiger charge is -2.17. The van der Waals surface area contributed by atoms with Crippen LogP contribution in [0.25, 0.3) is 0 Å². The number of carbonyl (C=O) groups is 2. The van der Waals surface area contributed by atoms with Gasteiger partial charge >= 0.3 is 0 Å². The molecule has 3 aromatic rings. The fourth-order valence-electron chi connectivity index (χ4n) is 4.27. The molecule has 0 aliphatic heterocycles. The van der Waals surface area contributed by atoms with Gasteiger partial charge in [-0.3, -0.25) is 9.59 Å². The van der Waals surface area contributed by atoms with Gasteiger partial charge in [-0.25, -0.2) is 4.98 Å². The number of nitrogens with zero attached hydrogens (tertiary/aromatic N) is 2. The van der Waals surface area contributed by atoms with Crippen LogP contribution in [0, 0.1) is 13.8 Å². The molecule has 0 spiro atoms. The molecule has 2 amide bonds. The smallest absolute Gasteiger partial charge is 0.257 e. The third-order valence-corrected chi connectivity index (χ3v) is 7.12. The van der Waals surface area contributed by atoms with Crippen molar-refractivity contribution in [3.63, 3.8) is 0 Å². The Morgan fingerprint density at radius 3 is 2.47 bits per heavy atom. The van der Waals surface area contributed by atoms with Crippen LogP contribution >= 0.6 is 11.8 Å². The number of anilines is 2. The van der Waals surface area contributed by atoms with E-state index >= 15 is 0 Å². The van der Waals surface area contributed by atoms with Crippen LogP contribution in [-0.2, 0) is 4.79 Å². The van der Waals surface area contributed by atoms with Crippen LogP contribution < -0.4 is 15.4 Å². The van der Waals surface area contributed by atoms with Crippen molar-refractivity contribution >= 4 is 35.0 Å². The number of thioether (sulfide) groups is 1. The van der Waals surface area contributed by atoms with Crippen molar-refractivity contribution in [2.24, 2.45) is 0 Å². The van der Waals surface area contributed by atoms with E-state index in [0.717, 1.165) is 23.7 Å². The summed E-state index contributed by atoms with van der Waals surface area (Å²) < 4.78 is 7.45. The quantitative estimate of drug-likeness (QED) is 0.411. The van der Waals surface area contributed by atoms with Crippen LogP contribution in [0.2, 0.25) is 0 Å². The third kappa shape index (κ3) is 5.44. The molecule has 0 unspecified atom stereocenters. The highest BCUT2D eigenvalue weighted by Gasteiger charge is 2.23. The number of carbonyl (C=O) groups excluding carboxylic acids is 2. The summed E-state index contributed by atoms with van der Waals surface area (Å²) in [6.07, 6.45) is 4.79. The average Bonchev–Trinajstić information content (AvgIpc) is 3.46. The van der Waals surface area contributed by atoms with Gasteiger partial charge in [0.1, 0.15) is 5.75 Å². The molecule has 1 aliphatic rings. The van der Waals surface area contributed by atoms with Gasteiger partial charge in [-0.15, -0.1) is 0 Å². The van der Waals surface area contributed by atoms with E-state index < -0.39 is 0 Å². The molecule has 0 radical (unpaired) electrons. The van der Waals surface area contributed by atoms with Crippen LogP contribution in [0.15, 0.2) is 53.7 Å². The maximum Gasteiger partial charge on any atom is 0.257 e. The van der Waals surface area contributed by atoms with Gasteiger partial charge in [0.2, 0.25) is 5.91 Å². The minimum absolute atomic E-state index is 0.175. The zero-order valence-electron chi connectivity index (χ0n) is 19.8. The van der Waals surface area contributed by atoms with Gasteiger partial charge in [-0.1, -0.05) is 36.7 Å². The van der Waals surface area contributed by atoms with Crippen molar-refractivity contribution in [1.29, 1.82) is 0 Å². The van der Waals surface area contributed by atoms with Crippen molar-refractivity contribution < 1.29 is 14.3 Å². The normalized spacial score (nSPS) is 13.6. The van der Waals surface area contributed by atoms with E-state index in [4.69, 9.17) is 9.72 Å². The van der Waals surface area contributed by atoms with E-state index in [1.807, 2.05) is 6.92 Å². The molecule has 4 rings (SSSR count). The topological polar surface area (TPSA) is 85.2 Å². The Balaban J connectivity index is 1.41. The predicted molar refractivity (Wildman–Crippen MR) is 136 cm³/mol. The second-order valence-electron chi connectivity index (χ2n) is 8.44. The van der Waals surface area contributed by atoms with Gasteiger partial charge in [0.05, 0.1) is 29.8 Å². The predicted octanol–water partition coefficient (Wildman–Crippen LogP) is 5.61. The molecular weight excluding hydrogens is 448 g/mol. The fraction of sp³-hybridized carbons (Fsp3) is 0.346. The average molecular weight is 479 g/mol. The lowest BCUT2D eigenvalue weighted by atomic mass is 10.1. The van der Waals surface area contributed by atoms with E-state index in [-0.39, 0.29) is 17.6 Å². The Morgan fingerprint density at radius 2 is 1.76 bits per heavy atom. The first-order chi connectivity index (χ1) is 16.5. The number of para-hydroxylation sites is 1. The van der Waals surface area contributed by atoms with Crippen molar-refractivity contribution in [2.75, 3.05) is 23.5 Å². The first-order valence-electron chi connectivity index (χ1n) is 11.5. The minimum atomic E-state index is -0.295. The first kappa shape index (κ1) is 23.9. The molecule has 7 nitrogen and oxygen atoms in total. The van der Waals surface area contributed by atoms with Gasteiger partial charge in [-0.2, -0.15) is 0 Å². The zero-order chi connectivity index (χ0) is 24.1. The highest BCUT2D eigenvalue weighted by atomic mass is 32.2. The van der Waals surface area contributed by atoms with Gasteiger partial charge in [-0.05, 0) is 63.1 Å². The van der Waals surface area contributed by atoms with Crippen molar-refractivity contribution in [2.45, 2.75) is 50.7 Å². The van der Waals surface area contributed by atoms with Gasteiger partial charge < -0.3 is 19.9 Å². The molecule has 8 heteroatoms. The highest BCUT2D eigenvalue weighted by molar-refractivity contribution is 7.99. The molecule has 0 bridgehead atoms. The molecule has 0 atom stereocenters. The van der Waals surface area contributed by atoms with E-state index in [9.17, 15) is 9.59 Å². The van der Waals surface area contributed by atoms with Crippen molar-refractivity contribution in [3.8, 4) is 5.75 Å². The molecule has 1 saturated carbocycles. The maximum atomic E-state index is 12.9. The monoisotopic (exact) mass is 478 g/mol. The Labute approximate surface area is 204 Å². The number of aryl methyl sites for hydroxylation is 1. The SMILES string of the molecule is COc1ccc(NC(=O)c2ccccc2NC(=O)CSc2nc(C)c(C)n2C2CCCC2)cc1. The highest BCUT2D eigenvalue weighted by Crippen LogP contribution is 2.35. The summed E-state index contributed by atoms with van der Waals surface area (Å²) in [7, 11) is 1.59. The summed E-state index contributed by atoms with van der Waals surface area (Å²) in [5.74, 6) is 0.460. The third-order valence-electron chi connectivity index (χ3n) is 6.17. The fourth-order valence-corrected chi connectivity index (χ4v) is 5.23. The number of amides is 2. The van der Waals surface area contributed by atoms with E-state index in [1.165, 1.54) is 30.3 Å². The second-order valence-corrected chi connectivity index (χ2v) is 9.38. The number of nitrogens with one attached hydrogen (secondary N) is 2. The molecule has 1 heterocycles. The van der Waals surface area contributed by atoms with Gasteiger partial charge in [0.25, 0.3) is 5.91 Å². The van der Waals surface area contributed by atoms with Crippen LogP contribution in [0.1, 0.15) is 53.5 Å². The molecule has 2 N–H and O–H groups in total. The van der Waals surface area contributed by atoms with E-state index in [0.29, 0.717) is 28.7 Å². The Bertz CT molecular complexity index is 1170. The van der Waals surface area contributed by atoms with Gasteiger partial charge in [0, 0.05) is 17.4 Å². The van der Waals surface area contributed by atoms with Crippen LogP contribution in [-0.4, -0.2) is 34.2 Å². The summed E-state index contributed by atoms with van der Waals surface area (Å²) in [4.78, 5) is 30.4. The molecule has 0 saturated heterocycles. The van der Waals surface area contributed by atoms with E-state index in [1.54, 1.807) is 55.6 Å². The Hall–Kier alpha value is -3.26. The number of benzene rings is 2. The van der Waals surface area contributed by atoms with Crippen LogP contribution in [0.4, 0.5) is 11.4 Å². The molecule has 2 aromatic carbocycles. The summed E-state index contributed by atoms with van der Waals surface area (Å²) in [5.41, 5.74) is 3.71.